The number of hydrogen-bond donors (Lipinski definition) is 3. The van der Waals surface area contributed by atoms with E-state index in [0.717, 1.165) is 25.7 Å². The molecule has 10 heteroatoms. The highest BCUT2D eigenvalue weighted by Crippen LogP contribution is 2.61. The van der Waals surface area contributed by atoms with Crippen LogP contribution in [0.15, 0.2) is 36.1 Å². The third kappa shape index (κ3) is 5.49. The van der Waals surface area contributed by atoms with Crippen molar-refractivity contribution < 1.29 is 27.1 Å². The second kappa shape index (κ2) is 11.7. The molecule has 5 unspecified atom stereocenters. The molecule has 1 aliphatic heterocycles. The number of benzene rings is 1. The number of nitrogens with one attached hydrogen (secondary N) is 3. The van der Waals surface area contributed by atoms with Crippen LogP contribution in [0.2, 0.25) is 0 Å². The molecule has 6 atom stereocenters. The lowest BCUT2D eigenvalue weighted by molar-refractivity contribution is -0.204. The van der Waals surface area contributed by atoms with Crippen molar-refractivity contribution in [2.45, 2.75) is 103 Å². The lowest BCUT2D eigenvalue weighted by Gasteiger charge is -2.54. The van der Waals surface area contributed by atoms with E-state index in [4.69, 9.17) is 10.1 Å². The van der Waals surface area contributed by atoms with Crippen molar-refractivity contribution in [3.8, 4) is 0 Å². The lowest BCUT2D eigenvalue weighted by atomic mass is 9.52. The molecule has 1 aromatic carbocycles. The Morgan fingerprint density at radius 3 is 2.49 bits per heavy atom. The Bertz CT molecular complexity index is 1430. The van der Waals surface area contributed by atoms with Crippen LogP contribution in [0.25, 0.3) is 0 Å². The largest absolute Gasteiger partial charge is 0.345 e. The van der Waals surface area contributed by atoms with E-state index in [1.165, 1.54) is 17.2 Å². The average molecular weight is 629 g/mol. The monoisotopic (exact) mass is 628 g/mol. The summed E-state index contributed by atoms with van der Waals surface area (Å²) < 4.78 is 60.1. The van der Waals surface area contributed by atoms with Crippen LogP contribution in [-0.2, 0) is 11.3 Å². The predicted octanol–water partition coefficient (Wildman–Crippen LogP) is 8.21. The summed E-state index contributed by atoms with van der Waals surface area (Å²) in [6.45, 7) is 5.24. The van der Waals surface area contributed by atoms with Gasteiger partial charge >= 0.3 is 6.61 Å². The number of amides is 1. The Labute approximate surface area is 262 Å². The van der Waals surface area contributed by atoms with E-state index in [0.29, 0.717) is 22.5 Å². The van der Waals surface area contributed by atoms with Crippen LogP contribution in [-0.4, -0.2) is 41.0 Å². The van der Waals surface area contributed by atoms with Crippen LogP contribution in [0, 0.1) is 45.8 Å². The van der Waals surface area contributed by atoms with Gasteiger partial charge in [0.1, 0.15) is 0 Å². The number of carbonyl (C=O) groups is 1. The first-order valence-corrected chi connectivity index (χ1v) is 16.3. The van der Waals surface area contributed by atoms with Crippen LogP contribution >= 0.6 is 0 Å². The van der Waals surface area contributed by atoms with Gasteiger partial charge in [-0.05, 0) is 99.3 Å². The van der Waals surface area contributed by atoms with E-state index in [1.807, 2.05) is 39.0 Å². The van der Waals surface area contributed by atoms with E-state index < -0.39 is 24.6 Å². The van der Waals surface area contributed by atoms with Gasteiger partial charge in [0.25, 0.3) is 12.3 Å². The lowest BCUT2D eigenvalue weighted by Crippen LogP contribution is -2.55. The van der Waals surface area contributed by atoms with Crippen molar-refractivity contribution in [2.24, 2.45) is 35.0 Å². The van der Waals surface area contributed by atoms with Gasteiger partial charge in [-0.3, -0.25) is 4.79 Å². The van der Waals surface area contributed by atoms with Crippen molar-refractivity contribution in [3.63, 3.8) is 0 Å². The number of fused-ring (bicyclic) bond motifs is 1. The van der Waals surface area contributed by atoms with Crippen molar-refractivity contribution in [1.29, 1.82) is 10.8 Å². The zero-order valence-electron chi connectivity index (χ0n) is 26.4. The summed E-state index contributed by atoms with van der Waals surface area (Å²) in [4.78, 5) is 15.5. The molecule has 0 aromatic heterocycles. The summed E-state index contributed by atoms with van der Waals surface area (Å²) in [5, 5.41) is 20.8. The third-order valence-corrected chi connectivity index (χ3v) is 11.5. The van der Waals surface area contributed by atoms with Gasteiger partial charge in [-0.25, -0.2) is 8.78 Å². The maximum Gasteiger partial charge on any atom is 0.345 e. The molecular formula is C35H44F4N4O2. The number of ether oxygens (including phenoxy) is 1. The first-order chi connectivity index (χ1) is 21.3. The standard InChI is InChI=1S/C35H44F4N4O2/c1-5-23-26(16-40)29(23)30(41)35(14-22(15-35)45-33(38)39)28-13-21(8-7-18(28)2)43-17-27-24(31(36)37)11-20(12-25(27)32(43)44)19(3)42-34(4)9-6-10-34/h7-8,11-13,16,18-19,22-23,26,28-29,31,33,40-42H,5-6,9-10,14-15,17H2,1-4H3/t18?,19-,22?,23?,26?,28?,29?,35?/m0/s1. The molecule has 5 aliphatic rings. The smallest absolute Gasteiger partial charge is 0.320 e. The van der Waals surface area contributed by atoms with Crippen molar-refractivity contribution in [1.82, 2.24) is 10.2 Å². The first kappa shape index (κ1) is 32.1. The quantitative estimate of drug-likeness (QED) is 0.161. The Balaban J connectivity index is 1.30. The van der Waals surface area contributed by atoms with Crippen LogP contribution in [0.5, 0.6) is 0 Å². The molecule has 6 rings (SSSR count). The number of hydrogen-bond acceptors (Lipinski definition) is 5. The predicted molar refractivity (Wildman–Crippen MR) is 165 cm³/mol. The van der Waals surface area contributed by atoms with Gasteiger partial charge in [0, 0.05) is 51.4 Å². The highest BCUT2D eigenvalue weighted by atomic mass is 19.3. The second-order valence-electron chi connectivity index (χ2n) is 14.3. The Morgan fingerprint density at radius 1 is 1.22 bits per heavy atom. The van der Waals surface area contributed by atoms with Gasteiger partial charge in [-0.15, -0.1) is 0 Å². The molecule has 6 nitrogen and oxygen atoms in total. The molecule has 3 fully saturated rings. The maximum absolute atomic E-state index is 14.4. The molecule has 0 saturated heterocycles. The van der Waals surface area contributed by atoms with Crippen molar-refractivity contribution in [2.75, 3.05) is 0 Å². The zero-order chi connectivity index (χ0) is 32.4. The highest BCUT2D eigenvalue weighted by Gasteiger charge is 2.62. The van der Waals surface area contributed by atoms with Gasteiger partial charge in [-0.1, -0.05) is 32.4 Å². The minimum Gasteiger partial charge on any atom is -0.320 e. The van der Waals surface area contributed by atoms with Crippen molar-refractivity contribution in [3.05, 3.63) is 58.3 Å². The number of halogens is 4. The molecule has 1 aromatic rings. The van der Waals surface area contributed by atoms with Crippen molar-refractivity contribution >= 4 is 17.8 Å². The van der Waals surface area contributed by atoms with E-state index in [-0.39, 0.29) is 77.6 Å². The molecule has 45 heavy (non-hydrogen) atoms. The van der Waals surface area contributed by atoms with Crippen LogP contribution < -0.4 is 5.32 Å². The topological polar surface area (TPSA) is 89.3 Å². The molecule has 0 bridgehead atoms. The number of nitrogens with zero attached hydrogens (tertiary/aromatic N) is 1. The fourth-order valence-corrected chi connectivity index (χ4v) is 8.73. The summed E-state index contributed by atoms with van der Waals surface area (Å²) in [6, 6.07) is 3.08. The fourth-order valence-electron chi connectivity index (χ4n) is 8.73. The SMILES string of the molecule is CCC1C(C=N)C1C(=N)C1(C2C=C(N3Cc4c(cc([C@H](C)NC5(C)CCC5)cc4C(F)F)C3=O)C=CC2C)CC(OC(F)F)C1. The molecule has 3 N–H and O–H groups in total. The van der Waals surface area contributed by atoms with Crippen LogP contribution in [0.3, 0.4) is 0 Å². The van der Waals surface area contributed by atoms with Gasteiger partial charge < -0.3 is 25.8 Å². The number of alkyl halides is 4. The Hall–Kier alpha value is -2.85. The number of carbonyl (C=O) groups excluding carboxylic acids is 1. The average Bonchev–Trinajstić information content (AvgIpc) is 3.59. The molecule has 0 radical (unpaired) electrons. The van der Waals surface area contributed by atoms with E-state index in [9.17, 15) is 27.8 Å². The molecule has 0 spiro atoms. The fraction of sp³-hybridized carbons (Fsp3) is 0.629. The summed E-state index contributed by atoms with van der Waals surface area (Å²) in [5.41, 5.74) is 1.41. The molecule has 4 aliphatic carbocycles. The second-order valence-corrected chi connectivity index (χ2v) is 14.3. The first-order valence-electron chi connectivity index (χ1n) is 16.3. The molecule has 1 heterocycles. The van der Waals surface area contributed by atoms with E-state index >= 15 is 0 Å². The van der Waals surface area contributed by atoms with Gasteiger partial charge in [-0.2, -0.15) is 8.78 Å². The molecule has 3 saturated carbocycles. The molecule has 244 valence electrons. The highest BCUT2D eigenvalue weighted by molar-refractivity contribution is 6.00. The minimum absolute atomic E-state index is 0.0168. The Kier molecular flexibility index (Phi) is 8.38. The normalized spacial score (nSPS) is 33.9. The van der Waals surface area contributed by atoms with E-state index in [1.54, 1.807) is 6.07 Å². The Morgan fingerprint density at radius 2 is 1.93 bits per heavy atom. The summed E-state index contributed by atoms with van der Waals surface area (Å²) >= 11 is 0. The van der Waals surface area contributed by atoms with E-state index in [2.05, 4.69) is 12.2 Å². The maximum atomic E-state index is 14.4. The van der Waals surface area contributed by atoms with Crippen LogP contribution in [0.4, 0.5) is 17.6 Å². The summed E-state index contributed by atoms with van der Waals surface area (Å²) in [6.07, 6.45) is 8.25. The summed E-state index contributed by atoms with van der Waals surface area (Å²) in [7, 11) is 0. The molecular weight excluding hydrogens is 584 g/mol. The van der Waals surface area contributed by atoms with Gasteiger partial charge in [0.15, 0.2) is 0 Å². The number of allylic oxidation sites excluding steroid dienone is 3. The van der Waals surface area contributed by atoms with Gasteiger partial charge in [0.2, 0.25) is 0 Å². The zero-order valence-corrected chi connectivity index (χ0v) is 26.4. The van der Waals surface area contributed by atoms with Crippen LogP contribution in [0.1, 0.15) is 106 Å². The summed E-state index contributed by atoms with van der Waals surface area (Å²) in [5.74, 6) is -0.637. The minimum atomic E-state index is -2.90. The number of rotatable bonds is 12. The van der Waals surface area contributed by atoms with Gasteiger partial charge in [0.05, 0.1) is 12.6 Å². The third-order valence-electron chi connectivity index (χ3n) is 11.5. The molecule has 1 amide bonds.